The van der Waals surface area contributed by atoms with E-state index in [4.69, 9.17) is 5.14 Å². The Morgan fingerprint density at radius 3 is 2.38 bits per heavy atom. The quantitative estimate of drug-likeness (QED) is 0.857. The van der Waals surface area contributed by atoms with Crippen LogP contribution in [0.1, 0.15) is 43.1 Å². The van der Waals surface area contributed by atoms with Crippen LogP contribution in [0.3, 0.4) is 0 Å². The van der Waals surface area contributed by atoms with Crippen LogP contribution in [-0.2, 0) is 10.0 Å². The number of benzene rings is 1. The van der Waals surface area contributed by atoms with E-state index in [-0.39, 0.29) is 16.8 Å². The van der Waals surface area contributed by atoms with E-state index in [1.165, 1.54) is 12.1 Å². The van der Waals surface area contributed by atoms with Crippen molar-refractivity contribution in [2.45, 2.75) is 45.1 Å². The molecule has 5 nitrogen and oxygen atoms in total. The van der Waals surface area contributed by atoms with Crippen molar-refractivity contribution in [1.29, 1.82) is 0 Å². The second-order valence-corrected chi connectivity index (χ2v) is 7.39. The molecule has 2 N–H and O–H groups in total. The van der Waals surface area contributed by atoms with Crippen LogP contribution in [0.25, 0.3) is 0 Å². The Morgan fingerprint density at radius 2 is 1.95 bits per heavy atom. The molecule has 7 heteroatoms. The van der Waals surface area contributed by atoms with E-state index in [0.29, 0.717) is 22.1 Å². The van der Waals surface area contributed by atoms with Gasteiger partial charge in [-0.05, 0) is 44.9 Å². The SMILES string of the molecule is CCC(C)N(CC)C(=O)c1cc(S(N)(=O)=O)cc(Br)c1C. The monoisotopic (exact) mass is 376 g/mol. The lowest BCUT2D eigenvalue weighted by Crippen LogP contribution is -2.38. The number of nitrogens with two attached hydrogens (primary N) is 1. The van der Waals surface area contributed by atoms with Crippen molar-refractivity contribution in [1.82, 2.24) is 4.90 Å². The van der Waals surface area contributed by atoms with Gasteiger partial charge < -0.3 is 4.90 Å². The maximum atomic E-state index is 12.7. The maximum Gasteiger partial charge on any atom is 0.254 e. The van der Waals surface area contributed by atoms with Crippen molar-refractivity contribution < 1.29 is 13.2 Å². The van der Waals surface area contributed by atoms with Gasteiger partial charge in [-0.1, -0.05) is 22.9 Å². The summed E-state index contributed by atoms with van der Waals surface area (Å²) in [7, 11) is -3.86. The van der Waals surface area contributed by atoms with E-state index >= 15 is 0 Å². The van der Waals surface area contributed by atoms with Crippen molar-refractivity contribution in [2.24, 2.45) is 5.14 Å². The number of halogens is 1. The summed E-state index contributed by atoms with van der Waals surface area (Å²) in [5.74, 6) is -0.185. The molecular weight excluding hydrogens is 356 g/mol. The molecule has 0 fully saturated rings. The summed E-state index contributed by atoms with van der Waals surface area (Å²) in [6.45, 7) is 8.20. The van der Waals surface area contributed by atoms with Crippen molar-refractivity contribution in [3.63, 3.8) is 0 Å². The summed E-state index contributed by atoms with van der Waals surface area (Å²) in [6.07, 6.45) is 0.828. The van der Waals surface area contributed by atoms with Crippen LogP contribution < -0.4 is 5.14 Å². The molecule has 0 aliphatic carbocycles. The molecule has 0 radical (unpaired) electrons. The van der Waals surface area contributed by atoms with Gasteiger partial charge in [0, 0.05) is 22.6 Å². The average molecular weight is 377 g/mol. The molecule has 0 saturated carbocycles. The topological polar surface area (TPSA) is 80.5 Å². The zero-order chi connectivity index (χ0) is 16.4. The largest absolute Gasteiger partial charge is 0.336 e. The van der Waals surface area contributed by atoms with Crippen molar-refractivity contribution in [3.05, 3.63) is 27.7 Å². The van der Waals surface area contributed by atoms with Crippen LogP contribution in [0.5, 0.6) is 0 Å². The highest BCUT2D eigenvalue weighted by atomic mass is 79.9. The van der Waals surface area contributed by atoms with E-state index < -0.39 is 10.0 Å². The number of carbonyl (C=O) groups excluding carboxylic acids is 1. The maximum absolute atomic E-state index is 12.7. The van der Waals surface area contributed by atoms with Gasteiger partial charge in [0.2, 0.25) is 10.0 Å². The molecule has 0 spiro atoms. The van der Waals surface area contributed by atoms with E-state index in [9.17, 15) is 13.2 Å². The molecule has 1 atom stereocenters. The molecule has 21 heavy (non-hydrogen) atoms. The molecule has 0 aliphatic rings. The Kier molecular flexibility index (Phi) is 5.95. The molecular formula is C14H21BrN2O3S. The van der Waals surface area contributed by atoms with Crippen LogP contribution in [0.15, 0.2) is 21.5 Å². The smallest absolute Gasteiger partial charge is 0.254 e. The fraction of sp³-hybridized carbons (Fsp3) is 0.500. The minimum atomic E-state index is -3.86. The van der Waals surface area contributed by atoms with Gasteiger partial charge in [-0.2, -0.15) is 0 Å². The number of hydrogen-bond acceptors (Lipinski definition) is 3. The van der Waals surface area contributed by atoms with E-state index in [1.54, 1.807) is 11.8 Å². The number of nitrogens with zero attached hydrogens (tertiary/aromatic N) is 1. The molecule has 0 aromatic heterocycles. The lowest BCUT2D eigenvalue weighted by Gasteiger charge is -2.28. The fourth-order valence-corrected chi connectivity index (χ4v) is 3.25. The zero-order valence-corrected chi connectivity index (χ0v) is 15.1. The lowest BCUT2D eigenvalue weighted by molar-refractivity contribution is 0.0699. The average Bonchev–Trinajstić information content (AvgIpc) is 2.40. The highest BCUT2D eigenvalue weighted by Crippen LogP contribution is 2.26. The van der Waals surface area contributed by atoms with Gasteiger partial charge in [-0.25, -0.2) is 13.6 Å². The Balaban J connectivity index is 3.42. The molecule has 1 aromatic rings. The van der Waals surface area contributed by atoms with E-state index in [2.05, 4.69) is 15.9 Å². The summed E-state index contributed by atoms with van der Waals surface area (Å²) in [6, 6.07) is 2.85. The fourth-order valence-electron chi connectivity index (χ4n) is 2.07. The Morgan fingerprint density at radius 1 is 1.38 bits per heavy atom. The zero-order valence-electron chi connectivity index (χ0n) is 12.7. The van der Waals surface area contributed by atoms with Crippen LogP contribution >= 0.6 is 15.9 Å². The highest BCUT2D eigenvalue weighted by Gasteiger charge is 2.23. The number of amides is 1. The molecule has 1 unspecified atom stereocenters. The third kappa shape index (κ3) is 4.05. The normalized spacial score (nSPS) is 13.0. The van der Waals surface area contributed by atoms with Crippen LogP contribution in [0.2, 0.25) is 0 Å². The third-order valence-electron chi connectivity index (χ3n) is 3.60. The van der Waals surface area contributed by atoms with Gasteiger partial charge in [0.15, 0.2) is 0 Å². The van der Waals surface area contributed by atoms with Gasteiger partial charge >= 0.3 is 0 Å². The molecule has 118 valence electrons. The Labute approximate surface area is 134 Å². The molecule has 0 saturated heterocycles. The second-order valence-electron chi connectivity index (χ2n) is 4.97. The van der Waals surface area contributed by atoms with Crippen LogP contribution in [0.4, 0.5) is 0 Å². The summed E-state index contributed by atoms with van der Waals surface area (Å²) < 4.78 is 23.6. The Hall–Kier alpha value is -0.920. The first-order valence-corrected chi connectivity index (χ1v) is 9.11. The van der Waals surface area contributed by atoms with Crippen LogP contribution in [0, 0.1) is 6.92 Å². The molecule has 1 aromatic carbocycles. The van der Waals surface area contributed by atoms with Gasteiger partial charge in [0.25, 0.3) is 5.91 Å². The summed E-state index contributed by atoms with van der Waals surface area (Å²) in [5.41, 5.74) is 1.06. The molecule has 0 aliphatic heterocycles. The van der Waals surface area contributed by atoms with Gasteiger partial charge in [-0.3, -0.25) is 4.79 Å². The predicted octanol–water partition coefficient (Wildman–Crippen LogP) is 2.67. The highest BCUT2D eigenvalue weighted by molar-refractivity contribution is 9.10. The summed E-state index contributed by atoms with van der Waals surface area (Å²) >= 11 is 3.29. The first kappa shape index (κ1) is 18.1. The number of rotatable bonds is 5. The molecule has 0 bridgehead atoms. The number of hydrogen-bond donors (Lipinski definition) is 1. The number of sulfonamides is 1. The summed E-state index contributed by atoms with van der Waals surface area (Å²) in [5, 5.41) is 5.17. The number of primary sulfonamides is 1. The first-order valence-electron chi connectivity index (χ1n) is 6.77. The number of carbonyl (C=O) groups is 1. The minimum absolute atomic E-state index is 0.0662. The van der Waals surface area contributed by atoms with Crippen molar-refractivity contribution in [3.8, 4) is 0 Å². The molecule has 1 amide bonds. The second kappa shape index (κ2) is 6.89. The standard InChI is InChI=1S/C14H21BrN2O3S/c1-5-9(3)17(6-2)14(18)12-7-11(21(16,19)20)8-13(15)10(12)4/h7-9H,5-6H2,1-4H3,(H2,16,19,20). The first-order chi connectivity index (χ1) is 9.63. The minimum Gasteiger partial charge on any atom is -0.336 e. The van der Waals surface area contributed by atoms with E-state index in [1.807, 2.05) is 20.8 Å². The predicted molar refractivity (Wildman–Crippen MR) is 86.7 cm³/mol. The van der Waals surface area contributed by atoms with Gasteiger partial charge in [0.05, 0.1) is 4.90 Å². The van der Waals surface area contributed by atoms with Crippen molar-refractivity contribution in [2.75, 3.05) is 6.54 Å². The van der Waals surface area contributed by atoms with Crippen molar-refractivity contribution >= 4 is 31.9 Å². The Bertz CT molecular complexity index is 644. The van der Waals surface area contributed by atoms with Gasteiger partial charge in [0.1, 0.15) is 0 Å². The third-order valence-corrected chi connectivity index (χ3v) is 5.32. The van der Waals surface area contributed by atoms with Gasteiger partial charge in [-0.15, -0.1) is 0 Å². The lowest BCUT2D eigenvalue weighted by atomic mass is 10.1. The molecule has 1 rings (SSSR count). The molecule has 0 heterocycles. The van der Waals surface area contributed by atoms with E-state index in [0.717, 1.165) is 6.42 Å². The van der Waals surface area contributed by atoms with Crippen LogP contribution in [-0.4, -0.2) is 31.8 Å². The summed E-state index contributed by atoms with van der Waals surface area (Å²) in [4.78, 5) is 14.4.